The molecule has 0 rings (SSSR count). The lowest BCUT2D eigenvalue weighted by molar-refractivity contribution is -0.109. The van der Waals surface area contributed by atoms with Gasteiger partial charge in [-0.1, -0.05) is 13.3 Å². The summed E-state index contributed by atoms with van der Waals surface area (Å²) in [4.78, 5) is 10.2. The first-order valence-electron chi connectivity index (χ1n) is 2.87. The minimum atomic E-state index is -0.172. The quantitative estimate of drug-likeness (QED) is 0.421. The van der Waals surface area contributed by atoms with E-state index in [1.165, 1.54) is 0 Å². The van der Waals surface area contributed by atoms with Crippen molar-refractivity contribution in [3.8, 4) is 0 Å². The Labute approximate surface area is 53.1 Å². The van der Waals surface area contributed by atoms with Crippen LogP contribution in [0.1, 0.15) is 26.7 Å². The normalized spacial score (nSPS) is 17.4. The Morgan fingerprint density at radius 3 is 2.38 bits per heavy atom. The monoisotopic (exact) mass is 132 g/mol. The minimum absolute atomic E-state index is 0.172. The molecule has 0 spiro atoms. The predicted octanol–water partition coefficient (Wildman–Crippen LogP) is 1.62. The summed E-state index contributed by atoms with van der Waals surface area (Å²) in [5, 5.41) is -0.172. The van der Waals surface area contributed by atoms with Crippen LogP contribution in [0.4, 0.5) is 0 Å². The molecule has 2 unspecified atom stereocenters. The summed E-state index contributed by atoms with van der Waals surface area (Å²) in [6, 6.07) is 0. The molecular formula is C6H13OP. The highest BCUT2D eigenvalue weighted by atomic mass is 31.0. The van der Waals surface area contributed by atoms with E-state index in [9.17, 15) is 4.79 Å². The van der Waals surface area contributed by atoms with Crippen molar-refractivity contribution >= 4 is 15.5 Å². The van der Waals surface area contributed by atoms with Crippen molar-refractivity contribution in [3.05, 3.63) is 0 Å². The van der Waals surface area contributed by atoms with Crippen molar-refractivity contribution in [1.29, 1.82) is 0 Å². The van der Waals surface area contributed by atoms with Crippen LogP contribution in [0.25, 0.3) is 0 Å². The first kappa shape index (κ1) is 8.10. The van der Waals surface area contributed by atoms with Crippen LogP contribution < -0.4 is 0 Å². The second-order valence-corrected chi connectivity index (χ2v) is 3.69. The molecular weight excluding hydrogens is 119 g/mol. The van der Waals surface area contributed by atoms with Crippen LogP contribution in [0.2, 0.25) is 0 Å². The van der Waals surface area contributed by atoms with Crippen LogP contribution in [0.15, 0.2) is 0 Å². The van der Waals surface area contributed by atoms with E-state index >= 15 is 0 Å². The zero-order valence-electron chi connectivity index (χ0n) is 5.48. The van der Waals surface area contributed by atoms with Gasteiger partial charge in [-0.15, -0.1) is 9.24 Å². The van der Waals surface area contributed by atoms with Crippen molar-refractivity contribution in [2.75, 3.05) is 0 Å². The Morgan fingerprint density at radius 2 is 2.25 bits per heavy atom. The molecule has 48 valence electrons. The number of hydrogen-bond acceptors (Lipinski definition) is 1. The third-order valence-corrected chi connectivity index (χ3v) is 1.48. The van der Waals surface area contributed by atoms with E-state index in [4.69, 9.17) is 0 Å². The molecule has 0 aromatic rings. The maximum absolute atomic E-state index is 10.2. The third-order valence-electron chi connectivity index (χ3n) is 1.06. The molecule has 1 nitrogen and oxygen atoms in total. The highest BCUT2D eigenvalue weighted by Crippen LogP contribution is 2.19. The molecule has 0 fully saturated rings. The first-order chi connectivity index (χ1) is 3.62. The molecule has 0 aliphatic carbocycles. The maximum atomic E-state index is 10.2. The molecule has 0 radical (unpaired) electrons. The Kier molecular flexibility index (Phi) is 3.23. The summed E-state index contributed by atoms with van der Waals surface area (Å²) in [5.41, 5.74) is 0. The van der Waals surface area contributed by atoms with Crippen molar-refractivity contribution < 1.29 is 4.79 Å². The molecule has 8 heavy (non-hydrogen) atoms. The van der Waals surface area contributed by atoms with E-state index < -0.39 is 0 Å². The van der Waals surface area contributed by atoms with Crippen molar-refractivity contribution in [3.63, 3.8) is 0 Å². The highest BCUT2D eigenvalue weighted by molar-refractivity contribution is 7.20. The van der Waals surface area contributed by atoms with Gasteiger partial charge in [0.15, 0.2) is 0 Å². The summed E-state index contributed by atoms with van der Waals surface area (Å²) >= 11 is 0. The Morgan fingerprint density at radius 1 is 1.75 bits per heavy atom. The molecule has 2 atom stereocenters. The smallest absolute Gasteiger partial charge is 0.129 e. The summed E-state index contributed by atoms with van der Waals surface area (Å²) < 4.78 is 0. The van der Waals surface area contributed by atoms with E-state index in [0.717, 1.165) is 19.1 Å². The molecule has 0 aromatic heterocycles. The van der Waals surface area contributed by atoms with Gasteiger partial charge < -0.3 is 4.79 Å². The fourth-order valence-electron chi connectivity index (χ4n) is 0.598. The largest absolute Gasteiger partial charge is 0.302 e. The lowest BCUT2D eigenvalue weighted by Crippen LogP contribution is -2.15. The third kappa shape index (κ3) is 3.15. The molecule has 2 heteroatoms. The number of hydrogen-bond donors (Lipinski definition) is 0. The van der Waals surface area contributed by atoms with Crippen LogP contribution in [0, 0.1) is 0 Å². The van der Waals surface area contributed by atoms with E-state index in [-0.39, 0.29) is 5.16 Å². The van der Waals surface area contributed by atoms with Gasteiger partial charge in [0.05, 0.1) is 0 Å². The zero-order valence-corrected chi connectivity index (χ0v) is 6.63. The van der Waals surface area contributed by atoms with Gasteiger partial charge in [0.2, 0.25) is 0 Å². The van der Waals surface area contributed by atoms with E-state index in [1.807, 2.05) is 6.92 Å². The van der Waals surface area contributed by atoms with Gasteiger partial charge in [-0.05, 0) is 13.3 Å². The summed E-state index contributed by atoms with van der Waals surface area (Å²) in [7, 11) is 2.54. The van der Waals surface area contributed by atoms with Gasteiger partial charge in [-0.2, -0.15) is 0 Å². The number of rotatable bonds is 3. The van der Waals surface area contributed by atoms with Gasteiger partial charge in [0, 0.05) is 5.16 Å². The number of carbonyl (C=O) groups is 1. The van der Waals surface area contributed by atoms with Crippen LogP contribution >= 0.6 is 9.24 Å². The number of carbonyl (C=O) groups excluding carboxylic acids is 1. The second-order valence-electron chi connectivity index (χ2n) is 2.37. The molecule has 0 aromatic carbocycles. The summed E-state index contributed by atoms with van der Waals surface area (Å²) in [6.45, 7) is 4.00. The first-order valence-corrected chi connectivity index (χ1v) is 3.45. The summed E-state index contributed by atoms with van der Waals surface area (Å²) in [5.74, 6) is 0. The molecule has 0 bridgehead atoms. The maximum Gasteiger partial charge on any atom is 0.129 e. The Balaban J connectivity index is 3.53. The fraction of sp³-hybridized carbons (Fsp3) is 0.833. The molecule has 0 saturated carbocycles. The molecule has 0 aliphatic heterocycles. The molecule has 0 amide bonds. The average Bonchev–Trinajstić information content (AvgIpc) is 1.67. The van der Waals surface area contributed by atoms with Crippen LogP contribution in [0.3, 0.4) is 0 Å². The Hall–Kier alpha value is 0.100. The summed E-state index contributed by atoms with van der Waals surface area (Å²) in [6.07, 6.45) is 3.01. The average molecular weight is 132 g/mol. The molecule has 0 N–H and O–H groups in total. The van der Waals surface area contributed by atoms with Crippen LogP contribution in [-0.2, 0) is 4.79 Å². The van der Waals surface area contributed by atoms with Gasteiger partial charge in [-0.25, -0.2) is 0 Å². The van der Waals surface area contributed by atoms with Crippen LogP contribution in [0.5, 0.6) is 0 Å². The van der Waals surface area contributed by atoms with Crippen LogP contribution in [-0.4, -0.2) is 11.4 Å². The van der Waals surface area contributed by atoms with Gasteiger partial charge in [0.1, 0.15) is 6.29 Å². The van der Waals surface area contributed by atoms with Crippen molar-refractivity contribution in [1.82, 2.24) is 0 Å². The fourth-order valence-corrected chi connectivity index (χ4v) is 0.886. The molecule has 0 heterocycles. The predicted molar refractivity (Wildman–Crippen MR) is 39.1 cm³/mol. The molecule has 0 saturated heterocycles. The second kappa shape index (κ2) is 3.19. The van der Waals surface area contributed by atoms with E-state index in [2.05, 4.69) is 16.2 Å². The van der Waals surface area contributed by atoms with Gasteiger partial charge in [0.25, 0.3) is 0 Å². The van der Waals surface area contributed by atoms with E-state index in [1.54, 1.807) is 0 Å². The highest BCUT2D eigenvalue weighted by Gasteiger charge is 2.13. The SMILES string of the molecule is CCCC(C)(P)C=O. The molecule has 0 aliphatic rings. The van der Waals surface area contributed by atoms with Crippen molar-refractivity contribution in [2.45, 2.75) is 31.8 Å². The van der Waals surface area contributed by atoms with E-state index in [0.29, 0.717) is 0 Å². The minimum Gasteiger partial charge on any atom is -0.302 e. The van der Waals surface area contributed by atoms with Crippen molar-refractivity contribution in [2.24, 2.45) is 0 Å². The van der Waals surface area contributed by atoms with Gasteiger partial charge in [-0.3, -0.25) is 0 Å². The zero-order chi connectivity index (χ0) is 6.62. The lowest BCUT2D eigenvalue weighted by Gasteiger charge is -2.13. The van der Waals surface area contributed by atoms with Gasteiger partial charge >= 0.3 is 0 Å². The lowest BCUT2D eigenvalue weighted by atomic mass is 10.1. The Bertz CT molecular complexity index is 78.6. The number of aldehydes is 1. The topological polar surface area (TPSA) is 17.1 Å². The standard InChI is InChI=1S/C6H13OP/c1-3-4-6(2,8)5-7/h5H,3-4,8H2,1-2H3.